The largest absolute Gasteiger partial charge is 0.493 e. The van der Waals surface area contributed by atoms with Gasteiger partial charge in [-0.2, -0.15) is 0 Å². The minimum absolute atomic E-state index is 0. The predicted octanol–water partition coefficient (Wildman–Crippen LogP) is 4.31. The van der Waals surface area contributed by atoms with Crippen LogP contribution >= 0.6 is 24.0 Å². The number of aliphatic imine (C=N–C) groups is 1. The first kappa shape index (κ1) is 29.0. The van der Waals surface area contributed by atoms with Gasteiger partial charge in [0.2, 0.25) is 0 Å². The Labute approximate surface area is 215 Å². The number of aryl methyl sites for hydroxylation is 1. The van der Waals surface area contributed by atoms with E-state index in [-0.39, 0.29) is 24.0 Å². The summed E-state index contributed by atoms with van der Waals surface area (Å²) in [7, 11) is 5.16. The van der Waals surface area contributed by atoms with Crippen molar-refractivity contribution < 1.29 is 18.9 Å². The second kappa shape index (κ2) is 17.4. The fourth-order valence-electron chi connectivity index (χ4n) is 3.05. The molecule has 0 radical (unpaired) electrons. The first-order chi connectivity index (χ1) is 15.7. The first-order valence-corrected chi connectivity index (χ1v) is 11.0. The predicted molar refractivity (Wildman–Crippen MR) is 144 cm³/mol. The summed E-state index contributed by atoms with van der Waals surface area (Å²) in [5, 5.41) is 6.73. The number of rotatable bonds is 14. The number of nitrogens with zero attached hydrogens (tertiary/aromatic N) is 1. The van der Waals surface area contributed by atoms with E-state index in [9.17, 15) is 0 Å². The molecule has 0 saturated heterocycles. The van der Waals surface area contributed by atoms with E-state index in [1.807, 2.05) is 18.2 Å². The number of hydrogen-bond donors (Lipinski definition) is 2. The van der Waals surface area contributed by atoms with Gasteiger partial charge in [0.15, 0.2) is 5.96 Å². The molecule has 33 heavy (non-hydrogen) atoms. The first-order valence-electron chi connectivity index (χ1n) is 11.0. The highest BCUT2D eigenvalue weighted by Crippen LogP contribution is 2.20. The number of guanidine groups is 1. The van der Waals surface area contributed by atoms with Gasteiger partial charge in [0.1, 0.15) is 11.5 Å². The third-order valence-electron chi connectivity index (χ3n) is 4.76. The molecule has 0 heterocycles. The summed E-state index contributed by atoms with van der Waals surface area (Å²) in [5.74, 6) is 2.47. The molecule has 0 spiro atoms. The maximum Gasteiger partial charge on any atom is 0.191 e. The van der Waals surface area contributed by atoms with Crippen molar-refractivity contribution in [3.05, 3.63) is 59.2 Å². The van der Waals surface area contributed by atoms with E-state index in [1.54, 1.807) is 21.3 Å². The zero-order chi connectivity index (χ0) is 23.0. The second-order valence-corrected chi connectivity index (χ2v) is 7.43. The summed E-state index contributed by atoms with van der Waals surface area (Å²) in [4.78, 5) is 4.34. The Kier molecular flexibility index (Phi) is 15.3. The molecule has 0 amide bonds. The quantitative estimate of drug-likeness (QED) is 0.153. The van der Waals surface area contributed by atoms with Crippen molar-refractivity contribution in [2.24, 2.45) is 4.99 Å². The van der Waals surface area contributed by atoms with Gasteiger partial charge in [0.05, 0.1) is 13.2 Å². The van der Waals surface area contributed by atoms with Crippen LogP contribution in [-0.2, 0) is 22.6 Å². The van der Waals surface area contributed by atoms with Gasteiger partial charge in [-0.25, -0.2) is 0 Å². The molecular weight excluding hydrogens is 533 g/mol. The average molecular weight is 572 g/mol. The van der Waals surface area contributed by atoms with Crippen LogP contribution in [-0.4, -0.2) is 53.7 Å². The Bertz CT molecular complexity index is 833. The van der Waals surface area contributed by atoms with Crippen LogP contribution in [0.1, 0.15) is 29.5 Å². The molecule has 0 aliphatic heterocycles. The Morgan fingerprint density at radius 2 is 1.55 bits per heavy atom. The summed E-state index contributed by atoms with van der Waals surface area (Å²) in [6.07, 6.45) is 1.72. The molecule has 0 aliphatic carbocycles. The van der Waals surface area contributed by atoms with E-state index in [1.165, 1.54) is 5.56 Å². The molecule has 8 heteroatoms. The fraction of sp³-hybridized carbons (Fsp3) is 0.480. The number of hydrogen-bond acceptors (Lipinski definition) is 5. The maximum atomic E-state index is 5.97. The van der Waals surface area contributed by atoms with Gasteiger partial charge >= 0.3 is 0 Å². The molecular formula is C25H38IN3O4. The second-order valence-electron chi connectivity index (χ2n) is 7.43. The monoisotopic (exact) mass is 571 g/mol. The van der Waals surface area contributed by atoms with Crippen LogP contribution in [0.3, 0.4) is 0 Å². The lowest BCUT2D eigenvalue weighted by Crippen LogP contribution is -2.36. The van der Waals surface area contributed by atoms with E-state index in [0.717, 1.165) is 41.4 Å². The zero-order valence-corrected chi connectivity index (χ0v) is 22.5. The van der Waals surface area contributed by atoms with Gasteiger partial charge in [-0.15, -0.1) is 24.0 Å². The third kappa shape index (κ3) is 11.6. The van der Waals surface area contributed by atoms with Crippen molar-refractivity contribution in [1.29, 1.82) is 0 Å². The number of benzene rings is 2. The highest BCUT2D eigenvalue weighted by atomic mass is 127. The van der Waals surface area contributed by atoms with Gasteiger partial charge in [-0.1, -0.05) is 24.3 Å². The summed E-state index contributed by atoms with van der Waals surface area (Å²) < 4.78 is 21.9. The fourth-order valence-corrected chi connectivity index (χ4v) is 3.05. The third-order valence-corrected chi connectivity index (χ3v) is 4.76. The molecule has 2 rings (SSSR count). The molecule has 0 bridgehead atoms. The molecule has 7 nitrogen and oxygen atoms in total. The molecule has 2 aromatic rings. The van der Waals surface area contributed by atoms with Crippen LogP contribution in [0.25, 0.3) is 0 Å². The number of nitrogens with one attached hydrogen (secondary N) is 2. The van der Waals surface area contributed by atoms with E-state index < -0.39 is 0 Å². The Hall–Kier alpha value is -2.04. The van der Waals surface area contributed by atoms with Crippen molar-refractivity contribution in [3.8, 4) is 11.5 Å². The van der Waals surface area contributed by atoms with Gasteiger partial charge in [0, 0.05) is 66.0 Å². The van der Waals surface area contributed by atoms with Gasteiger partial charge < -0.3 is 29.6 Å². The van der Waals surface area contributed by atoms with Crippen molar-refractivity contribution in [2.75, 3.05) is 47.7 Å². The summed E-state index contributed by atoms with van der Waals surface area (Å²) in [6, 6.07) is 14.3. The molecule has 0 aromatic heterocycles. The van der Waals surface area contributed by atoms with Crippen molar-refractivity contribution >= 4 is 29.9 Å². The van der Waals surface area contributed by atoms with Crippen LogP contribution in [0.5, 0.6) is 11.5 Å². The minimum Gasteiger partial charge on any atom is -0.493 e. The Morgan fingerprint density at radius 1 is 0.848 bits per heavy atom. The van der Waals surface area contributed by atoms with Gasteiger partial charge in [-0.3, -0.25) is 4.99 Å². The van der Waals surface area contributed by atoms with Crippen molar-refractivity contribution in [3.63, 3.8) is 0 Å². The van der Waals surface area contributed by atoms with E-state index >= 15 is 0 Å². The summed E-state index contributed by atoms with van der Waals surface area (Å²) >= 11 is 0. The molecule has 0 unspecified atom stereocenters. The smallest absolute Gasteiger partial charge is 0.191 e. The summed E-state index contributed by atoms with van der Waals surface area (Å²) in [6.45, 7) is 5.97. The number of methoxy groups -OCH3 is 2. The van der Waals surface area contributed by atoms with Crippen LogP contribution in [0.15, 0.2) is 47.5 Å². The number of halogens is 1. The van der Waals surface area contributed by atoms with Gasteiger partial charge in [-0.05, 0) is 36.2 Å². The van der Waals surface area contributed by atoms with E-state index in [0.29, 0.717) is 39.5 Å². The summed E-state index contributed by atoms with van der Waals surface area (Å²) in [5.41, 5.74) is 3.37. The van der Waals surface area contributed by atoms with Crippen molar-refractivity contribution in [1.82, 2.24) is 10.6 Å². The van der Waals surface area contributed by atoms with Crippen LogP contribution < -0.4 is 20.1 Å². The minimum atomic E-state index is 0. The van der Waals surface area contributed by atoms with Crippen molar-refractivity contribution in [2.45, 2.75) is 32.9 Å². The Balaban J connectivity index is 0.00000544. The molecule has 0 saturated carbocycles. The van der Waals surface area contributed by atoms with E-state index in [4.69, 9.17) is 18.9 Å². The zero-order valence-electron chi connectivity index (χ0n) is 20.2. The highest BCUT2D eigenvalue weighted by molar-refractivity contribution is 14.0. The molecule has 2 aromatic carbocycles. The molecule has 184 valence electrons. The molecule has 2 N–H and O–H groups in total. The molecule has 0 fully saturated rings. The lowest BCUT2D eigenvalue weighted by molar-refractivity contribution is 0.171. The standard InChI is InChI=1S/C25H37N3O4.HI/c1-20-10-11-22(24(16-20)32-15-7-13-30-4)19-28-25(26-2)27-18-21-8-5-9-23(17-21)31-14-6-12-29-3;/h5,8-11,16-17H,6-7,12-15,18-19H2,1-4H3,(H2,26,27,28);1H. The topological polar surface area (TPSA) is 73.3 Å². The maximum absolute atomic E-state index is 5.97. The average Bonchev–Trinajstić information content (AvgIpc) is 2.81. The lowest BCUT2D eigenvalue weighted by Gasteiger charge is -2.16. The Morgan fingerprint density at radius 3 is 2.24 bits per heavy atom. The van der Waals surface area contributed by atoms with Gasteiger partial charge in [0.25, 0.3) is 0 Å². The number of ether oxygens (including phenoxy) is 4. The lowest BCUT2D eigenvalue weighted by atomic mass is 10.1. The molecule has 0 aliphatic rings. The highest BCUT2D eigenvalue weighted by Gasteiger charge is 2.07. The van der Waals surface area contributed by atoms with E-state index in [2.05, 4.69) is 46.8 Å². The van der Waals surface area contributed by atoms with Crippen LogP contribution in [0.2, 0.25) is 0 Å². The molecule has 0 atom stereocenters. The normalized spacial score (nSPS) is 11.0. The van der Waals surface area contributed by atoms with Crippen LogP contribution in [0.4, 0.5) is 0 Å². The SMILES string of the molecule is CN=C(NCc1cccc(OCCCOC)c1)NCc1ccc(C)cc1OCCCOC.I. The van der Waals surface area contributed by atoms with Crippen LogP contribution in [0, 0.1) is 6.92 Å².